The lowest BCUT2D eigenvalue weighted by Gasteiger charge is -2.62. The van der Waals surface area contributed by atoms with Crippen molar-refractivity contribution in [2.24, 2.45) is 52.3 Å². The molecular weight excluding hydrogens is 388 g/mol. The molecule has 6 fully saturated rings. The Morgan fingerprint density at radius 2 is 1.68 bits per heavy atom. The molecule has 6 aliphatic rings. The van der Waals surface area contributed by atoms with Crippen molar-refractivity contribution in [3.63, 3.8) is 0 Å². The van der Waals surface area contributed by atoms with Crippen LogP contribution in [0, 0.1) is 52.3 Å². The maximum absolute atomic E-state index is 11.7. The molecule has 0 radical (unpaired) electrons. The number of rotatable bonds is 0. The number of hydrogen-bond acceptors (Lipinski definition) is 4. The highest BCUT2D eigenvalue weighted by Gasteiger charge is 2.70. The molecule has 0 aromatic rings. The van der Waals surface area contributed by atoms with Crippen LogP contribution in [0.4, 0.5) is 0 Å². The largest absolute Gasteiger partial charge is 0.393 e. The second kappa shape index (κ2) is 6.93. The van der Waals surface area contributed by atoms with E-state index in [1.807, 2.05) is 0 Å². The van der Waals surface area contributed by atoms with Gasteiger partial charge >= 0.3 is 0 Å². The normalized spacial score (nSPS) is 63.3. The van der Waals surface area contributed by atoms with Crippen molar-refractivity contribution in [1.82, 2.24) is 0 Å². The van der Waals surface area contributed by atoms with E-state index in [4.69, 9.17) is 9.47 Å². The number of hydrogen-bond donors (Lipinski definition) is 2. The smallest absolute Gasteiger partial charge is 0.171 e. The highest BCUT2D eigenvalue weighted by atomic mass is 16.7. The highest BCUT2D eigenvalue weighted by Crippen LogP contribution is 2.71. The Hall–Kier alpha value is -0.160. The molecule has 2 N–H and O–H groups in total. The van der Waals surface area contributed by atoms with E-state index in [0.717, 1.165) is 45.1 Å². The molecule has 1 spiro atoms. The van der Waals surface area contributed by atoms with E-state index in [1.165, 1.54) is 19.3 Å². The minimum absolute atomic E-state index is 0.130. The number of fused-ring (bicyclic) bond motifs is 7. The van der Waals surface area contributed by atoms with Gasteiger partial charge in [0, 0.05) is 12.3 Å². The van der Waals surface area contributed by atoms with E-state index >= 15 is 0 Å². The molecule has 4 aliphatic carbocycles. The van der Waals surface area contributed by atoms with E-state index in [-0.39, 0.29) is 28.8 Å². The summed E-state index contributed by atoms with van der Waals surface area (Å²) < 4.78 is 13.3. The monoisotopic (exact) mass is 432 g/mol. The van der Waals surface area contributed by atoms with Crippen molar-refractivity contribution in [3.05, 3.63) is 0 Å². The molecule has 0 aromatic heterocycles. The third kappa shape index (κ3) is 2.80. The molecule has 31 heavy (non-hydrogen) atoms. The van der Waals surface area contributed by atoms with Crippen LogP contribution in [0.15, 0.2) is 0 Å². The van der Waals surface area contributed by atoms with Gasteiger partial charge in [-0.15, -0.1) is 0 Å². The molecule has 2 saturated heterocycles. The van der Waals surface area contributed by atoms with Gasteiger partial charge in [-0.05, 0) is 97.7 Å². The lowest BCUT2D eigenvalue weighted by atomic mass is 9.43. The Balaban J connectivity index is 1.29. The summed E-state index contributed by atoms with van der Waals surface area (Å²) in [7, 11) is 0. The summed E-state index contributed by atoms with van der Waals surface area (Å²) in [6, 6.07) is 0. The first-order valence-corrected chi connectivity index (χ1v) is 13.4. The van der Waals surface area contributed by atoms with Crippen LogP contribution < -0.4 is 0 Å². The summed E-state index contributed by atoms with van der Waals surface area (Å²) in [6.45, 7) is 10.4. The Bertz CT molecular complexity index is 716. The van der Waals surface area contributed by atoms with Gasteiger partial charge in [0.1, 0.15) is 0 Å². The summed E-state index contributed by atoms with van der Waals surface area (Å²) in [6.07, 6.45) is 9.63. The standard InChI is InChI=1S/C27H44O4/c1-15-7-10-27(30-14-15)16(2)23-22(31-27)12-20-19-6-5-17-11-18(28)8-9-25(17,3)24(19)21(29)13-26(20,23)4/h15-24,28-29H,5-14H2,1-4H3/t15-,16-,17+,18+,19+,20+,21+,22+,23+,24-,25+,26+,27+/m1/s1. The molecule has 4 saturated carbocycles. The lowest BCUT2D eigenvalue weighted by molar-refractivity contribution is -0.274. The number of aliphatic hydroxyl groups excluding tert-OH is 2. The molecule has 13 atom stereocenters. The second-order valence-electron chi connectivity index (χ2n) is 13.3. The third-order valence-corrected chi connectivity index (χ3v) is 11.8. The van der Waals surface area contributed by atoms with E-state index in [1.54, 1.807) is 0 Å². The SMILES string of the molecule is C[C@@H]1CC[C@]2(OC1)O[C@H]1C[C@H]3[C@@H]4CC[C@H]5C[C@@H](O)CC[C@]5(C)[C@H]4[C@@H](O)C[C@]3(C)[C@H]1[C@H]2C. The molecule has 6 rings (SSSR count). The average Bonchev–Trinajstić information content (AvgIpc) is 3.15. The summed E-state index contributed by atoms with van der Waals surface area (Å²) in [5.74, 6) is 3.40. The zero-order valence-corrected chi connectivity index (χ0v) is 20.1. The molecular formula is C27H44O4. The summed E-state index contributed by atoms with van der Waals surface area (Å²) in [4.78, 5) is 0. The van der Waals surface area contributed by atoms with Gasteiger partial charge in [0.2, 0.25) is 0 Å². The molecule has 0 unspecified atom stereocenters. The van der Waals surface area contributed by atoms with Gasteiger partial charge in [0.05, 0.1) is 24.9 Å². The molecule has 4 heteroatoms. The maximum atomic E-state index is 11.7. The van der Waals surface area contributed by atoms with Crippen molar-refractivity contribution in [3.8, 4) is 0 Å². The topological polar surface area (TPSA) is 58.9 Å². The predicted molar refractivity (Wildman–Crippen MR) is 119 cm³/mol. The first kappa shape index (κ1) is 21.4. The summed E-state index contributed by atoms with van der Waals surface area (Å²) in [5.41, 5.74) is 0.342. The van der Waals surface area contributed by atoms with Crippen LogP contribution in [0.1, 0.15) is 85.5 Å². The van der Waals surface area contributed by atoms with Crippen LogP contribution in [0.2, 0.25) is 0 Å². The van der Waals surface area contributed by atoms with Gasteiger partial charge in [0.15, 0.2) is 5.79 Å². The molecule has 0 bridgehead atoms. The van der Waals surface area contributed by atoms with Crippen LogP contribution in [0.5, 0.6) is 0 Å². The predicted octanol–water partition coefficient (Wildman–Crippen LogP) is 4.76. The Kier molecular flexibility index (Phi) is 4.78. The van der Waals surface area contributed by atoms with Crippen LogP contribution in [-0.4, -0.2) is 40.9 Å². The van der Waals surface area contributed by atoms with Crippen LogP contribution in [-0.2, 0) is 9.47 Å². The average molecular weight is 433 g/mol. The minimum Gasteiger partial charge on any atom is -0.393 e. The van der Waals surface area contributed by atoms with Crippen LogP contribution >= 0.6 is 0 Å². The number of ether oxygens (including phenoxy) is 2. The molecule has 0 amide bonds. The van der Waals surface area contributed by atoms with Gasteiger partial charge in [0.25, 0.3) is 0 Å². The Morgan fingerprint density at radius 1 is 0.871 bits per heavy atom. The Morgan fingerprint density at radius 3 is 2.42 bits per heavy atom. The van der Waals surface area contributed by atoms with Crippen molar-refractivity contribution >= 4 is 0 Å². The third-order valence-electron chi connectivity index (χ3n) is 11.8. The van der Waals surface area contributed by atoms with Crippen molar-refractivity contribution in [1.29, 1.82) is 0 Å². The molecule has 2 heterocycles. The summed E-state index contributed by atoms with van der Waals surface area (Å²) in [5, 5.41) is 22.0. The minimum atomic E-state index is -0.374. The first-order valence-electron chi connectivity index (χ1n) is 13.4. The van der Waals surface area contributed by atoms with Gasteiger partial charge in [-0.25, -0.2) is 0 Å². The van der Waals surface area contributed by atoms with Gasteiger partial charge < -0.3 is 19.7 Å². The second-order valence-corrected chi connectivity index (χ2v) is 13.3. The molecule has 4 nitrogen and oxygen atoms in total. The van der Waals surface area contributed by atoms with E-state index in [2.05, 4.69) is 27.7 Å². The van der Waals surface area contributed by atoms with Crippen molar-refractivity contribution in [2.75, 3.05) is 6.61 Å². The van der Waals surface area contributed by atoms with Crippen LogP contribution in [0.3, 0.4) is 0 Å². The fourth-order valence-electron chi connectivity index (χ4n) is 10.4. The zero-order valence-electron chi connectivity index (χ0n) is 20.1. The van der Waals surface area contributed by atoms with E-state index in [9.17, 15) is 10.2 Å². The Labute approximate surface area is 188 Å². The molecule has 2 aliphatic heterocycles. The van der Waals surface area contributed by atoms with Gasteiger partial charge in [-0.3, -0.25) is 0 Å². The molecule has 0 aromatic carbocycles. The van der Waals surface area contributed by atoms with Gasteiger partial charge in [-0.2, -0.15) is 0 Å². The van der Waals surface area contributed by atoms with E-state index < -0.39 is 0 Å². The fourth-order valence-corrected chi connectivity index (χ4v) is 10.4. The highest BCUT2D eigenvalue weighted by molar-refractivity contribution is 5.17. The zero-order chi connectivity index (χ0) is 21.8. The van der Waals surface area contributed by atoms with Crippen molar-refractivity contribution in [2.45, 2.75) is 110 Å². The van der Waals surface area contributed by atoms with Gasteiger partial charge in [-0.1, -0.05) is 27.7 Å². The van der Waals surface area contributed by atoms with Crippen LogP contribution in [0.25, 0.3) is 0 Å². The first-order chi connectivity index (χ1) is 14.7. The quantitative estimate of drug-likeness (QED) is 0.579. The van der Waals surface area contributed by atoms with E-state index in [0.29, 0.717) is 47.5 Å². The molecule has 176 valence electrons. The fraction of sp³-hybridized carbons (Fsp3) is 1.00. The maximum Gasteiger partial charge on any atom is 0.171 e. The van der Waals surface area contributed by atoms with Crippen molar-refractivity contribution < 1.29 is 19.7 Å². The lowest BCUT2D eigenvalue weighted by Crippen LogP contribution is -2.59. The number of aliphatic hydroxyl groups is 2. The summed E-state index contributed by atoms with van der Waals surface area (Å²) >= 11 is 0.